The molecule has 0 aromatic heterocycles. The van der Waals surface area contributed by atoms with E-state index in [0.717, 1.165) is 0 Å². The minimum absolute atomic E-state index is 0.0366. The van der Waals surface area contributed by atoms with Crippen LogP contribution in [0, 0.1) is 11.3 Å². The number of sulfonamides is 1. The van der Waals surface area contributed by atoms with Crippen LogP contribution in [0.4, 0.5) is 5.69 Å². The second kappa shape index (κ2) is 6.24. The lowest BCUT2D eigenvalue weighted by atomic mass is 10.2. The van der Waals surface area contributed by atoms with Crippen LogP contribution >= 0.6 is 39.1 Å². The van der Waals surface area contributed by atoms with Crippen molar-refractivity contribution in [1.29, 1.82) is 5.26 Å². The predicted molar refractivity (Wildman–Crippen MR) is 86.1 cm³/mol. The molecule has 0 bridgehead atoms. The van der Waals surface area contributed by atoms with Gasteiger partial charge in [0.25, 0.3) is 10.0 Å². The molecule has 0 spiro atoms. The molecule has 0 atom stereocenters. The van der Waals surface area contributed by atoms with Gasteiger partial charge in [0.2, 0.25) is 0 Å². The average Bonchev–Trinajstić information content (AvgIpc) is 2.43. The second-order valence-corrected chi connectivity index (χ2v) is 7.31. The minimum atomic E-state index is -3.90. The van der Waals surface area contributed by atoms with E-state index in [0.29, 0.717) is 15.2 Å². The van der Waals surface area contributed by atoms with E-state index in [1.165, 1.54) is 30.3 Å². The summed E-state index contributed by atoms with van der Waals surface area (Å²) < 4.78 is 27.6. The molecule has 0 aliphatic carbocycles. The first kappa shape index (κ1) is 16.1. The highest BCUT2D eigenvalue weighted by Crippen LogP contribution is 2.29. The lowest BCUT2D eigenvalue weighted by Gasteiger charge is -2.10. The quantitative estimate of drug-likeness (QED) is 0.820. The molecule has 0 heterocycles. The molecular formula is C13H7BrCl2N2O2S. The van der Waals surface area contributed by atoms with Gasteiger partial charge < -0.3 is 0 Å². The minimum Gasteiger partial charge on any atom is -0.280 e. The van der Waals surface area contributed by atoms with Gasteiger partial charge in [-0.2, -0.15) is 5.26 Å². The monoisotopic (exact) mass is 404 g/mol. The first-order chi connectivity index (χ1) is 9.83. The zero-order chi connectivity index (χ0) is 15.6. The van der Waals surface area contributed by atoms with Crippen LogP contribution in [-0.2, 0) is 10.0 Å². The van der Waals surface area contributed by atoms with E-state index in [1.807, 2.05) is 6.07 Å². The van der Waals surface area contributed by atoms with Crippen LogP contribution in [0.3, 0.4) is 0 Å². The standard InChI is InChI=1S/C13H7BrCl2N2O2S/c14-10-6-9(2-4-11(10)15)18-21(19,20)13-5-8(7-17)1-3-12(13)16/h1-6,18H. The van der Waals surface area contributed by atoms with Crippen molar-refractivity contribution in [2.45, 2.75) is 4.90 Å². The summed E-state index contributed by atoms with van der Waals surface area (Å²) in [5.41, 5.74) is 0.529. The Morgan fingerprint density at radius 1 is 1.10 bits per heavy atom. The van der Waals surface area contributed by atoms with E-state index in [9.17, 15) is 8.42 Å². The van der Waals surface area contributed by atoms with Gasteiger partial charge in [-0.3, -0.25) is 4.72 Å². The highest BCUT2D eigenvalue weighted by molar-refractivity contribution is 9.10. The molecule has 8 heteroatoms. The molecule has 0 radical (unpaired) electrons. The van der Waals surface area contributed by atoms with Crippen molar-refractivity contribution in [1.82, 2.24) is 0 Å². The molecule has 2 rings (SSSR count). The number of hydrogen-bond acceptors (Lipinski definition) is 3. The van der Waals surface area contributed by atoms with Crippen LogP contribution in [-0.4, -0.2) is 8.42 Å². The maximum atomic E-state index is 12.3. The number of benzene rings is 2. The fraction of sp³-hybridized carbons (Fsp3) is 0. The molecule has 0 saturated heterocycles. The molecule has 0 amide bonds. The number of rotatable bonds is 3. The summed E-state index contributed by atoms with van der Waals surface area (Å²) in [4.78, 5) is -0.158. The van der Waals surface area contributed by atoms with E-state index in [2.05, 4.69) is 20.7 Å². The van der Waals surface area contributed by atoms with Crippen molar-refractivity contribution in [2.24, 2.45) is 0 Å². The number of halogens is 3. The van der Waals surface area contributed by atoms with Crippen LogP contribution in [0.2, 0.25) is 10.0 Å². The van der Waals surface area contributed by atoms with E-state index in [4.69, 9.17) is 28.5 Å². The largest absolute Gasteiger partial charge is 0.280 e. The third-order valence-electron chi connectivity index (χ3n) is 2.52. The van der Waals surface area contributed by atoms with E-state index >= 15 is 0 Å². The first-order valence-electron chi connectivity index (χ1n) is 5.51. The molecule has 0 fully saturated rings. The summed E-state index contributed by atoms with van der Waals surface area (Å²) in [7, 11) is -3.90. The van der Waals surface area contributed by atoms with Crippen molar-refractivity contribution < 1.29 is 8.42 Å². The summed E-state index contributed by atoms with van der Waals surface area (Å²) in [6.07, 6.45) is 0. The fourth-order valence-corrected chi connectivity index (χ4v) is 3.62. The summed E-state index contributed by atoms with van der Waals surface area (Å²) in [6, 6.07) is 10.5. The molecule has 0 saturated carbocycles. The molecule has 2 aromatic carbocycles. The maximum Gasteiger partial charge on any atom is 0.263 e. The molecule has 2 aromatic rings. The zero-order valence-corrected chi connectivity index (χ0v) is 14.2. The van der Waals surface area contributed by atoms with Gasteiger partial charge in [-0.1, -0.05) is 23.2 Å². The second-order valence-electron chi connectivity index (χ2n) is 3.99. The molecule has 21 heavy (non-hydrogen) atoms. The Kier molecular flexibility index (Phi) is 4.79. The lowest BCUT2D eigenvalue weighted by molar-refractivity contribution is 0.601. The Morgan fingerprint density at radius 2 is 1.76 bits per heavy atom. The number of nitriles is 1. The predicted octanol–water partition coefficient (Wildman–Crippen LogP) is 4.43. The van der Waals surface area contributed by atoms with Crippen molar-refractivity contribution in [3.05, 3.63) is 56.5 Å². The molecule has 0 aliphatic rings. The number of nitrogens with zero attached hydrogens (tertiary/aromatic N) is 1. The fourth-order valence-electron chi connectivity index (χ4n) is 1.55. The molecular weight excluding hydrogens is 399 g/mol. The molecule has 0 aliphatic heterocycles. The Hall–Kier alpha value is -1.26. The lowest BCUT2D eigenvalue weighted by Crippen LogP contribution is -2.13. The van der Waals surface area contributed by atoms with Gasteiger partial charge in [0.1, 0.15) is 4.90 Å². The van der Waals surface area contributed by atoms with Crippen LogP contribution in [0.15, 0.2) is 45.8 Å². The average molecular weight is 406 g/mol. The molecule has 0 unspecified atom stereocenters. The summed E-state index contributed by atoms with van der Waals surface area (Å²) in [6.45, 7) is 0. The zero-order valence-electron chi connectivity index (χ0n) is 10.3. The van der Waals surface area contributed by atoms with E-state index in [-0.39, 0.29) is 15.5 Å². The van der Waals surface area contributed by atoms with Gasteiger partial charge in [0.05, 0.1) is 27.4 Å². The third-order valence-corrected chi connectivity index (χ3v) is 5.60. The maximum absolute atomic E-state index is 12.3. The number of nitrogens with one attached hydrogen (secondary N) is 1. The van der Waals surface area contributed by atoms with E-state index in [1.54, 1.807) is 6.07 Å². The van der Waals surface area contributed by atoms with Crippen molar-refractivity contribution in [3.63, 3.8) is 0 Å². The highest BCUT2D eigenvalue weighted by atomic mass is 79.9. The van der Waals surface area contributed by atoms with Crippen molar-refractivity contribution >= 4 is 54.8 Å². The molecule has 4 nitrogen and oxygen atoms in total. The van der Waals surface area contributed by atoms with Crippen LogP contribution in [0.1, 0.15) is 5.56 Å². The van der Waals surface area contributed by atoms with Gasteiger partial charge in [-0.05, 0) is 52.3 Å². The Bertz CT molecular complexity index is 848. The van der Waals surface area contributed by atoms with Gasteiger partial charge in [-0.25, -0.2) is 8.42 Å². The smallest absolute Gasteiger partial charge is 0.263 e. The van der Waals surface area contributed by atoms with Crippen LogP contribution < -0.4 is 4.72 Å². The Morgan fingerprint density at radius 3 is 2.38 bits per heavy atom. The summed E-state index contributed by atoms with van der Waals surface area (Å²) >= 11 is 15.0. The van der Waals surface area contributed by atoms with Gasteiger partial charge in [0.15, 0.2) is 0 Å². The highest BCUT2D eigenvalue weighted by Gasteiger charge is 2.19. The van der Waals surface area contributed by atoms with Crippen LogP contribution in [0.5, 0.6) is 0 Å². The van der Waals surface area contributed by atoms with Gasteiger partial charge >= 0.3 is 0 Å². The van der Waals surface area contributed by atoms with Crippen molar-refractivity contribution in [3.8, 4) is 6.07 Å². The third kappa shape index (κ3) is 3.69. The normalized spacial score (nSPS) is 11.0. The number of anilines is 1. The SMILES string of the molecule is N#Cc1ccc(Cl)c(S(=O)(=O)Nc2ccc(Cl)c(Br)c2)c1. The summed E-state index contributed by atoms with van der Waals surface area (Å²) in [5, 5.41) is 9.34. The first-order valence-corrected chi connectivity index (χ1v) is 8.54. The summed E-state index contributed by atoms with van der Waals surface area (Å²) in [5.74, 6) is 0. The Labute approximate surface area is 140 Å². The Balaban J connectivity index is 2.43. The van der Waals surface area contributed by atoms with E-state index < -0.39 is 10.0 Å². The van der Waals surface area contributed by atoms with Gasteiger partial charge in [-0.15, -0.1) is 0 Å². The van der Waals surface area contributed by atoms with Crippen molar-refractivity contribution in [2.75, 3.05) is 4.72 Å². The topological polar surface area (TPSA) is 70.0 Å². The van der Waals surface area contributed by atoms with Crippen LogP contribution in [0.25, 0.3) is 0 Å². The molecule has 108 valence electrons. The van der Waals surface area contributed by atoms with Gasteiger partial charge in [0, 0.05) is 4.47 Å². The number of hydrogen-bond donors (Lipinski definition) is 1. The molecule has 1 N–H and O–H groups in total.